The maximum absolute atomic E-state index is 12.1. The van der Waals surface area contributed by atoms with Crippen molar-refractivity contribution in [1.82, 2.24) is 9.97 Å². The van der Waals surface area contributed by atoms with Gasteiger partial charge >= 0.3 is 0 Å². The highest BCUT2D eigenvalue weighted by atomic mass is 16.1. The average molecular weight is 270 g/mol. The number of benzene rings is 1. The van der Waals surface area contributed by atoms with Gasteiger partial charge in [0.25, 0.3) is 5.91 Å². The first-order chi connectivity index (χ1) is 9.38. The molecule has 1 amide bonds. The molecular weight excluding hydrogens is 252 g/mol. The first-order valence-electron chi connectivity index (χ1n) is 6.36. The van der Waals surface area contributed by atoms with Gasteiger partial charge in [-0.1, -0.05) is 32.9 Å². The number of carbonyl (C=O) groups excluding carboxylic acids is 1. The molecule has 0 aliphatic heterocycles. The summed E-state index contributed by atoms with van der Waals surface area (Å²) in [4.78, 5) is 20.5. The number of amides is 1. The second-order valence-electron chi connectivity index (χ2n) is 5.59. The third kappa shape index (κ3) is 3.12. The molecule has 0 aliphatic rings. The van der Waals surface area contributed by atoms with Crippen molar-refractivity contribution in [1.29, 1.82) is 0 Å². The number of nitrogens with two attached hydrogens (primary N) is 1. The number of nitrogen functional groups attached to an aromatic ring is 1. The monoisotopic (exact) mass is 270 g/mol. The van der Waals surface area contributed by atoms with Crippen LogP contribution >= 0.6 is 0 Å². The molecule has 0 bridgehead atoms. The Bertz CT molecular complexity index is 615. The summed E-state index contributed by atoms with van der Waals surface area (Å²) in [6.07, 6.45) is 3.06. The van der Waals surface area contributed by atoms with Crippen LogP contribution in [0.4, 0.5) is 11.4 Å². The number of rotatable bonds is 2. The highest BCUT2D eigenvalue weighted by molar-refractivity contribution is 6.05. The Kier molecular flexibility index (Phi) is 3.70. The Hall–Kier alpha value is -2.43. The van der Waals surface area contributed by atoms with E-state index in [4.69, 9.17) is 5.73 Å². The van der Waals surface area contributed by atoms with E-state index < -0.39 is 0 Å². The van der Waals surface area contributed by atoms with Crippen molar-refractivity contribution in [2.45, 2.75) is 26.2 Å². The van der Waals surface area contributed by atoms with E-state index >= 15 is 0 Å². The molecule has 2 rings (SSSR count). The van der Waals surface area contributed by atoms with E-state index in [1.165, 1.54) is 12.4 Å². The highest BCUT2D eigenvalue weighted by Gasteiger charge is 2.17. The van der Waals surface area contributed by atoms with Crippen LogP contribution in [-0.4, -0.2) is 15.9 Å². The van der Waals surface area contributed by atoms with E-state index in [0.717, 1.165) is 0 Å². The van der Waals surface area contributed by atoms with Crippen molar-refractivity contribution in [3.05, 3.63) is 48.0 Å². The molecule has 1 aromatic heterocycles. The minimum Gasteiger partial charge on any atom is -0.397 e. The summed E-state index contributed by atoms with van der Waals surface area (Å²) in [5, 5.41) is 2.74. The van der Waals surface area contributed by atoms with Gasteiger partial charge in [0.2, 0.25) is 0 Å². The molecule has 0 saturated heterocycles. The lowest BCUT2D eigenvalue weighted by Crippen LogP contribution is -2.18. The molecular formula is C15H18N4O. The fourth-order valence-electron chi connectivity index (χ4n) is 1.64. The number of anilines is 2. The van der Waals surface area contributed by atoms with Crippen molar-refractivity contribution in [2.75, 3.05) is 11.1 Å². The summed E-state index contributed by atoms with van der Waals surface area (Å²) in [5.74, 6) is 0.427. The summed E-state index contributed by atoms with van der Waals surface area (Å²) in [6, 6.07) is 7.10. The maximum atomic E-state index is 12.1. The van der Waals surface area contributed by atoms with Crippen LogP contribution in [0.15, 0.2) is 36.7 Å². The molecule has 0 saturated carbocycles. The predicted molar refractivity (Wildman–Crippen MR) is 79.5 cm³/mol. The zero-order valence-corrected chi connectivity index (χ0v) is 11.8. The minimum atomic E-state index is -0.275. The van der Waals surface area contributed by atoms with Crippen molar-refractivity contribution in [2.24, 2.45) is 0 Å². The zero-order valence-electron chi connectivity index (χ0n) is 11.8. The molecule has 1 aromatic carbocycles. The van der Waals surface area contributed by atoms with E-state index in [2.05, 4.69) is 15.3 Å². The number of nitrogens with zero attached hydrogens (tertiary/aromatic N) is 2. The van der Waals surface area contributed by atoms with Gasteiger partial charge in [-0.2, -0.15) is 0 Å². The van der Waals surface area contributed by atoms with Gasteiger partial charge in [0.05, 0.1) is 16.9 Å². The van der Waals surface area contributed by atoms with Crippen molar-refractivity contribution in [3.8, 4) is 0 Å². The SMILES string of the molecule is CC(C)(C)c1ncc(C(=O)Nc2ccccc2N)cn1. The molecule has 0 spiro atoms. The van der Waals surface area contributed by atoms with E-state index in [1.807, 2.05) is 32.9 Å². The van der Waals surface area contributed by atoms with E-state index in [0.29, 0.717) is 22.8 Å². The number of para-hydroxylation sites is 2. The Morgan fingerprint density at radius 2 is 1.75 bits per heavy atom. The smallest absolute Gasteiger partial charge is 0.258 e. The van der Waals surface area contributed by atoms with Crippen LogP contribution < -0.4 is 11.1 Å². The van der Waals surface area contributed by atoms with Gasteiger partial charge < -0.3 is 11.1 Å². The van der Waals surface area contributed by atoms with Crippen molar-refractivity contribution >= 4 is 17.3 Å². The minimum absolute atomic E-state index is 0.140. The fourth-order valence-corrected chi connectivity index (χ4v) is 1.64. The standard InChI is InChI=1S/C15H18N4O/c1-15(2,3)14-17-8-10(9-18-14)13(20)19-12-7-5-4-6-11(12)16/h4-9H,16H2,1-3H3,(H,19,20). The fraction of sp³-hybridized carbons (Fsp3) is 0.267. The van der Waals surface area contributed by atoms with Crippen molar-refractivity contribution < 1.29 is 4.79 Å². The lowest BCUT2D eigenvalue weighted by atomic mass is 9.96. The van der Waals surface area contributed by atoms with Crippen LogP contribution in [0.5, 0.6) is 0 Å². The Balaban J connectivity index is 2.16. The second kappa shape index (κ2) is 5.28. The molecule has 3 N–H and O–H groups in total. The Morgan fingerprint density at radius 1 is 1.15 bits per heavy atom. The predicted octanol–water partition coefficient (Wildman–Crippen LogP) is 2.61. The van der Waals surface area contributed by atoms with E-state index in [-0.39, 0.29) is 11.3 Å². The van der Waals surface area contributed by atoms with Gasteiger partial charge in [-0.3, -0.25) is 4.79 Å². The normalized spacial score (nSPS) is 11.2. The van der Waals surface area contributed by atoms with Gasteiger partial charge in [-0.15, -0.1) is 0 Å². The van der Waals surface area contributed by atoms with Crippen LogP contribution in [0.2, 0.25) is 0 Å². The van der Waals surface area contributed by atoms with Gasteiger partial charge in [-0.25, -0.2) is 9.97 Å². The number of hydrogen-bond donors (Lipinski definition) is 2. The topological polar surface area (TPSA) is 80.9 Å². The number of aromatic nitrogens is 2. The second-order valence-corrected chi connectivity index (χ2v) is 5.59. The molecule has 5 nitrogen and oxygen atoms in total. The third-order valence-electron chi connectivity index (χ3n) is 2.79. The third-order valence-corrected chi connectivity index (χ3v) is 2.79. The van der Waals surface area contributed by atoms with Crippen LogP contribution in [0.25, 0.3) is 0 Å². The molecule has 0 fully saturated rings. The lowest BCUT2D eigenvalue weighted by molar-refractivity contribution is 0.102. The van der Waals surface area contributed by atoms with Gasteiger partial charge in [-0.05, 0) is 12.1 Å². The Labute approximate surface area is 118 Å². The molecule has 2 aromatic rings. The molecule has 0 radical (unpaired) electrons. The summed E-state index contributed by atoms with van der Waals surface area (Å²) in [6.45, 7) is 6.06. The molecule has 1 heterocycles. The summed E-state index contributed by atoms with van der Waals surface area (Å²) >= 11 is 0. The first kappa shape index (κ1) is 14.0. The molecule has 5 heteroatoms. The number of hydrogen-bond acceptors (Lipinski definition) is 4. The largest absolute Gasteiger partial charge is 0.397 e. The molecule has 0 aliphatic carbocycles. The van der Waals surface area contributed by atoms with Gasteiger partial charge in [0, 0.05) is 17.8 Å². The van der Waals surface area contributed by atoms with E-state index in [1.54, 1.807) is 12.1 Å². The maximum Gasteiger partial charge on any atom is 0.258 e. The molecule has 0 unspecified atom stereocenters. The number of carbonyl (C=O) groups is 1. The molecule has 104 valence electrons. The number of nitrogens with one attached hydrogen (secondary N) is 1. The van der Waals surface area contributed by atoms with E-state index in [9.17, 15) is 4.79 Å². The van der Waals surface area contributed by atoms with Crippen molar-refractivity contribution in [3.63, 3.8) is 0 Å². The quantitative estimate of drug-likeness (QED) is 0.822. The van der Waals surface area contributed by atoms with Gasteiger partial charge in [0.15, 0.2) is 0 Å². The summed E-state index contributed by atoms with van der Waals surface area (Å²) < 4.78 is 0. The molecule has 0 atom stereocenters. The van der Waals surface area contributed by atoms with Crippen LogP contribution in [0, 0.1) is 0 Å². The zero-order chi connectivity index (χ0) is 14.8. The van der Waals surface area contributed by atoms with Crippen LogP contribution in [-0.2, 0) is 5.41 Å². The summed E-state index contributed by atoms with van der Waals surface area (Å²) in [7, 11) is 0. The average Bonchev–Trinajstić information content (AvgIpc) is 2.40. The first-order valence-corrected chi connectivity index (χ1v) is 6.36. The molecule has 20 heavy (non-hydrogen) atoms. The van der Waals surface area contributed by atoms with Crippen LogP contribution in [0.3, 0.4) is 0 Å². The highest BCUT2D eigenvalue weighted by Crippen LogP contribution is 2.19. The van der Waals surface area contributed by atoms with Gasteiger partial charge in [0.1, 0.15) is 5.82 Å². The van der Waals surface area contributed by atoms with Crippen LogP contribution in [0.1, 0.15) is 37.0 Å². The summed E-state index contributed by atoms with van der Waals surface area (Å²) in [5.41, 5.74) is 7.15. The Morgan fingerprint density at radius 3 is 2.30 bits per heavy atom. The lowest BCUT2D eigenvalue weighted by Gasteiger charge is -2.16.